The van der Waals surface area contributed by atoms with Crippen molar-refractivity contribution >= 4 is 10.9 Å². The van der Waals surface area contributed by atoms with Crippen molar-refractivity contribution in [1.82, 2.24) is 15.0 Å². The largest absolute Gasteiger partial charge is 0.313 e. The minimum Gasteiger partial charge on any atom is -0.313 e. The second-order valence-corrected chi connectivity index (χ2v) is 4.72. The third-order valence-electron chi connectivity index (χ3n) is 3.33. The number of nitrogens with zero attached hydrogens (tertiary/aromatic N) is 2. The first-order chi connectivity index (χ1) is 9.79. The minimum absolute atomic E-state index is 0.0527. The fourth-order valence-electron chi connectivity index (χ4n) is 2.38. The Kier molecular flexibility index (Phi) is 3.29. The first-order valence-corrected chi connectivity index (χ1v) is 6.71. The van der Waals surface area contributed by atoms with E-state index in [0.717, 1.165) is 40.6 Å². The molecule has 2 aromatic heterocycles. The van der Waals surface area contributed by atoms with Crippen LogP contribution in [0.2, 0.25) is 0 Å². The monoisotopic (exact) mass is 265 g/mol. The van der Waals surface area contributed by atoms with Crippen LogP contribution in [-0.4, -0.2) is 15.0 Å². The molecule has 0 aliphatic carbocycles. The first-order valence-electron chi connectivity index (χ1n) is 6.71. The predicted octanol–water partition coefficient (Wildman–Crippen LogP) is 2.94. The maximum Gasteiger partial charge on any atom is 0.254 e. The fraction of sp³-hybridized carbons (Fsp3) is 0.188. The third-order valence-corrected chi connectivity index (χ3v) is 3.33. The average Bonchev–Trinajstić information content (AvgIpc) is 2.49. The van der Waals surface area contributed by atoms with Crippen molar-refractivity contribution in [3.8, 4) is 11.3 Å². The fourth-order valence-corrected chi connectivity index (χ4v) is 2.38. The van der Waals surface area contributed by atoms with Gasteiger partial charge in [0.05, 0.1) is 17.5 Å². The zero-order chi connectivity index (χ0) is 13.9. The van der Waals surface area contributed by atoms with Gasteiger partial charge in [0.2, 0.25) is 0 Å². The normalized spacial score (nSPS) is 10.8. The van der Waals surface area contributed by atoms with Crippen LogP contribution in [0.3, 0.4) is 0 Å². The van der Waals surface area contributed by atoms with Gasteiger partial charge < -0.3 is 4.98 Å². The van der Waals surface area contributed by atoms with Crippen molar-refractivity contribution in [2.45, 2.75) is 19.8 Å². The lowest BCUT2D eigenvalue weighted by Crippen LogP contribution is -2.14. The SMILES string of the molecule is CCCc1c(-c2ccc3ncccc3c2)nc[nH]c1=O. The predicted molar refractivity (Wildman–Crippen MR) is 79.6 cm³/mol. The van der Waals surface area contributed by atoms with Crippen molar-refractivity contribution in [2.75, 3.05) is 0 Å². The maximum absolute atomic E-state index is 12.0. The first kappa shape index (κ1) is 12.5. The second kappa shape index (κ2) is 5.25. The van der Waals surface area contributed by atoms with Gasteiger partial charge in [0.1, 0.15) is 0 Å². The smallest absolute Gasteiger partial charge is 0.254 e. The summed E-state index contributed by atoms with van der Waals surface area (Å²) < 4.78 is 0. The molecule has 0 bridgehead atoms. The van der Waals surface area contributed by atoms with E-state index < -0.39 is 0 Å². The van der Waals surface area contributed by atoms with Gasteiger partial charge in [0, 0.05) is 22.7 Å². The molecule has 0 fully saturated rings. The molecule has 1 N–H and O–H groups in total. The molecule has 0 amide bonds. The summed E-state index contributed by atoms with van der Waals surface area (Å²) in [5, 5.41) is 1.05. The van der Waals surface area contributed by atoms with E-state index in [9.17, 15) is 4.79 Å². The van der Waals surface area contributed by atoms with E-state index in [4.69, 9.17) is 0 Å². The molecular formula is C16H15N3O. The summed E-state index contributed by atoms with van der Waals surface area (Å²) >= 11 is 0. The van der Waals surface area contributed by atoms with Crippen molar-refractivity contribution in [3.63, 3.8) is 0 Å². The number of hydrogen-bond donors (Lipinski definition) is 1. The summed E-state index contributed by atoms with van der Waals surface area (Å²) in [6, 6.07) is 9.88. The third kappa shape index (κ3) is 2.20. The van der Waals surface area contributed by atoms with Crippen molar-refractivity contribution in [2.24, 2.45) is 0 Å². The van der Waals surface area contributed by atoms with E-state index in [-0.39, 0.29) is 5.56 Å². The molecule has 0 unspecified atom stereocenters. The summed E-state index contributed by atoms with van der Waals surface area (Å²) in [6.07, 6.45) is 4.88. The Labute approximate surface area is 116 Å². The Balaban J connectivity index is 2.20. The quantitative estimate of drug-likeness (QED) is 0.792. The Bertz CT molecular complexity index is 808. The molecule has 4 heteroatoms. The molecule has 4 nitrogen and oxygen atoms in total. The number of pyridine rings is 1. The molecule has 0 saturated heterocycles. The van der Waals surface area contributed by atoms with E-state index >= 15 is 0 Å². The molecule has 1 aromatic carbocycles. The lowest BCUT2D eigenvalue weighted by Gasteiger charge is -2.07. The topological polar surface area (TPSA) is 58.6 Å². The number of aromatic nitrogens is 3. The molecule has 0 aliphatic rings. The number of benzene rings is 1. The Morgan fingerprint density at radius 1 is 1.20 bits per heavy atom. The molecule has 0 aliphatic heterocycles. The summed E-state index contributed by atoms with van der Waals surface area (Å²) in [4.78, 5) is 23.3. The average molecular weight is 265 g/mol. The van der Waals surface area contributed by atoms with Crippen molar-refractivity contribution in [1.29, 1.82) is 0 Å². The minimum atomic E-state index is -0.0527. The zero-order valence-electron chi connectivity index (χ0n) is 11.3. The molecule has 2 heterocycles. The van der Waals surface area contributed by atoms with Crippen LogP contribution in [0.5, 0.6) is 0 Å². The van der Waals surface area contributed by atoms with Crippen LogP contribution in [0, 0.1) is 0 Å². The Hall–Kier alpha value is -2.49. The number of rotatable bonds is 3. The standard InChI is InChI=1S/C16H15N3O/c1-2-4-13-15(18-10-19-16(13)20)12-6-7-14-11(9-12)5-3-8-17-14/h3,5-10H,2,4H2,1H3,(H,18,19,20). The molecule has 20 heavy (non-hydrogen) atoms. The summed E-state index contributed by atoms with van der Waals surface area (Å²) in [6.45, 7) is 2.06. The van der Waals surface area contributed by atoms with Crippen LogP contribution in [-0.2, 0) is 6.42 Å². The van der Waals surface area contributed by atoms with Crippen LogP contribution in [0.4, 0.5) is 0 Å². The van der Waals surface area contributed by atoms with Gasteiger partial charge >= 0.3 is 0 Å². The van der Waals surface area contributed by atoms with E-state index in [1.165, 1.54) is 6.33 Å². The lowest BCUT2D eigenvalue weighted by atomic mass is 10.0. The van der Waals surface area contributed by atoms with Crippen LogP contribution < -0.4 is 5.56 Å². The summed E-state index contributed by atoms with van der Waals surface area (Å²) in [5.41, 5.74) is 3.36. The van der Waals surface area contributed by atoms with Crippen molar-refractivity contribution < 1.29 is 0 Å². The van der Waals surface area contributed by atoms with Gasteiger partial charge in [0.15, 0.2) is 0 Å². The number of H-pyrrole nitrogens is 1. The molecule has 3 aromatic rings. The van der Waals surface area contributed by atoms with Gasteiger partial charge in [0.25, 0.3) is 5.56 Å². The summed E-state index contributed by atoms with van der Waals surface area (Å²) in [5.74, 6) is 0. The van der Waals surface area contributed by atoms with E-state index in [1.54, 1.807) is 6.20 Å². The van der Waals surface area contributed by atoms with Gasteiger partial charge in [-0.05, 0) is 24.6 Å². The number of aromatic amines is 1. The molecule has 3 rings (SSSR count). The zero-order valence-corrected chi connectivity index (χ0v) is 11.3. The number of hydrogen-bond acceptors (Lipinski definition) is 3. The van der Waals surface area contributed by atoms with Crippen LogP contribution >= 0.6 is 0 Å². The highest BCUT2D eigenvalue weighted by Crippen LogP contribution is 2.23. The van der Waals surface area contributed by atoms with E-state index in [2.05, 4.69) is 21.9 Å². The van der Waals surface area contributed by atoms with Gasteiger partial charge in [-0.1, -0.05) is 25.5 Å². The van der Waals surface area contributed by atoms with Gasteiger partial charge in [-0.3, -0.25) is 9.78 Å². The molecular weight excluding hydrogens is 250 g/mol. The Morgan fingerprint density at radius 2 is 2.10 bits per heavy atom. The molecule has 0 spiro atoms. The highest BCUT2D eigenvalue weighted by Gasteiger charge is 2.10. The molecule has 0 atom stereocenters. The number of fused-ring (bicyclic) bond motifs is 1. The van der Waals surface area contributed by atoms with Crippen LogP contribution in [0.15, 0.2) is 47.7 Å². The van der Waals surface area contributed by atoms with E-state index in [0.29, 0.717) is 0 Å². The Morgan fingerprint density at radius 3 is 2.95 bits per heavy atom. The van der Waals surface area contributed by atoms with Gasteiger partial charge in [-0.25, -0.2) is 4.98 Å². The van der Waals surface area contributed by atoms with Gasteiger partial charge in [-0.15, -0.1) is 0 Å². The van der Waals surface area contributed by atoms with Crippen molar-refractivity contribution in [3.05, 3.63) is 58.8 Å². The van der Waals surface area contributed by atoms with Crippen LogP contribution in [0.1, 0.15) is 18.9 Å². The molecule has 0 radical (unpaired) electrons. The molecule has 100 valence electrons. The number of nitrogens with one attached hydrogen (secondary N) is 1. The lowest BCUT2D eigenvalue weighted by molar-refractivity contribution is 0.888. The van der Waals surface area contributed by atoms with Gasteiger partial charge in [-0.2, -0.15) is 0 Å². The maximum atomic E-state index is 12.0. The highest BCUT2D eigenvalue weighted by molar-refractivity contribution is 5.84. The van der Waals surface area contributed by atoms with Crippen LogP contribution in [0.25, 0.3) is 22.2 Å². The summed E-state index contributed by atoms with van der Waals surface area (Å²) in [7, 11) is 0. The molecule has 0 saturated carbocycles. The second-order valence-electron chi connectivity index (χ2n) is 4.72. The van der Waals surface area contributed by atoms with E-state index in [1.807, 2.05) is 30.3 Å². The highest BCUT2D eigenvalue weighted by atomic mass is 16.1.